The summed E-state index contributed by atoms with van der Waals surface area (Å²) in [7, 11) is 1.67. The van der Waals surface area contributed by atoms with Crippen molar-refractivity contribution < 1.29 is 9.47 Å². The number of nitrogens with zero attached hydrogens (tertiary/aromatic N) is 2. The minimum absolute atomic E-state index is 0.257. The lowest BCUT2D eigenvalue weighted by Crippen LogP contribution is -2.13. The third-order valence-corrected chi connectivity index (χ3v) is 2.86. The zero-order chi connectivity index (χ0) is 15.5. The van der Waals surface area contributed by atoms with Crippen LogP contribution in [0.1, 0.15) is 38.4 Å². The highest BCUT2D eigenvalue weighted by Crippen LogP contribution is 2.16. The molecule has 0 atom stereocenters. The van der Waals surface area contributed by atoms with Gasteiger partial charge in [-0.15, -0.1) is 0 Å². The van der Waals surface area contributed by atoms with E-state index in [2.05, 4.69) is 34.6 Å². The van der Waals surface area contributed by atoms with Crippen LogP contribution in [-0.4, -0.2) is 43.4 Å². The van der Waals surface area contributed by atoms with Crippen LogP contribution in [0.5, 0.6) is 0 Å². The molecule has 0 saturated carbocycles. The molecule has 0 aliphatic rings. The number of hydrogen-bond donors (Lipinski definition) is 3. The van der Waals surface area contributed by atoms with Crippen LogP contribution < -0.4 is 16.6 Å². The maximum atomic E-state index is 5.43. The van der Waals surface area contributed by atoms with Crippen molar-refractivity contribution in [2.45, 2.75) is 32.6 Å². The molecule has 0 bridgehead atoms. The second kappa shape index (κ2) is 10.3. The van der Waals surface area contributed by atoms with Crippen molar-refractivity contribution in [1.29, 1.82) is 0 Å². The van der Waals surface area contributed by atoms with Crippen LogP contribution in [-0.2, 0) is 9.47 Å². The molecule has 0 aliphatic heterocycles. The molecule has 1 rings (SSSR count). The number of ether oxygens (including phenoxy) is 2. The SMILES string of the molecule is COCCOCCCCNc1cc(NN)nc(C(C)C)n1. The maximum Gasteiger partial charge on any atom is 0.145 e. The van der Waals surface area contributed by atoms with E-state index in [0.29, 0.717) is 19.0 Å². The number of nitrogen functional groups attached to an aromatic ring is 1. The first kappa shape index (κ1) is 17.6. The second-order valence-corrected chi connectivity index (χ2v) is 5.03. The number of rotatable bonds is 11. The molecule has 120 valence electrons. The Morgan fingerprint density at radius 1 is 1.14 bits per heavy atom. The molecule has 21 heavy (non-hydrogen) atoms. The lowest BCUT2D eigenvalue weighted by molar-refractivity contribution is 0.0691. The molecule has 0 spiro atoms. The van der Waals surface area contributed by atoms with Gasteiger partial charge < -0.3 is 20.2 Å². The zero-order valence-corrected chi connectivity index (χ0v) is 13.2. The first-order chi connectivity index (χ1) is 10.2. The third-order valence-electron chi connectivity index (χ3n) is 2.86. The number of methoxy groups -OCH3 is 1. The van der Waals surface area contributed by atoms with Gasteiger partial charge in [0.2, 0.25) is 0 Å². The largest absolute Gasteiger partial charge is 0.382 e. The summed E-state index contributed by atoms with van der Waals surface area (Å²) < 4.78 is 10.3. The topological polar surface area (TPSA) is 94.3 Å². The summed E-state index contributed by atoms with van der Waals surface area (Å²) in [6.45, 7) is 6.99. The molecule has 0 aromatic carbocycles. The number of hydrogen-bond acceptors (Lipinski definition) is 7. The van der Waals surface area contributed by atoms with Crippen LogP contribution >= 0.6 is 0 Å². The first-order valence-electron chi connectivity index (χ1n) is 7.33. The van der Waals surface area contributed by atoms with Crippen molar-refractivity contribution in [3.8, 4) is 0 Å². The average molecular weight is 297 g/mol. The Kier molecular flexibility index (Phi) is 8.65. The summed E-state index contributed by atoms with van der Waals surface area (Å²) in [6, 6.07) is 1.81. The van der Waals surface area contributed by atoms with Gasteiger partial charge in [0, 0.05) is 32.2 Å². The van der Waals surface area contributed by atoms with Crippen LogP contribution in [0, 0.1) is 0 Å². The van der Waals surface area contributed by atoms with E-state index in [9.17, 15) is 0 Å². The quantitative estimate of drug-likeness (QED) is 0.325. The van der Waals surface area contributed by atoms with Gasteiger partial charge in [0.05, 0.1) is 13.2 Å². The van der Waals surface area contributed by atoms with Crippen molar-refractivity contribution in [3.63, 3.8) is 0 Å². The van der Waals surface area contributed by atoms with Crippen LogP contribution in [0.15, 0.2) is 6.07 Å². The summed E-state index contributed by atoms with van der Waals surface area (Å²) in [6.07, 6.45) is 2.01. The summed E-state index contributed by atoms with van der Waals surface area (Å²) in [4.78, 5) is 8.79. The molecule has 0 saturated heterocycles. The van der Waals surface area contributed by atoms with Crippen LogP contribution in [0.3, 0.4) is 0 Å². The van der Waals surface area contributed by atoms with Gasteiger partial charge in [-0.05, 0) is 12.8 Å². The van der Waals surface area contributed by atoms with E-state index >= 15 is 0 Å². The Bertz CT molecular complexity index is 401. The molecule has 1 heterocycles. The van der Waals surface area contributed by atoms with E-state index in [4.69, 9.17) is 15.3 Å². The number of aromatic nitrogens is 2. The number of nitrogens with one attached hydrogen (secondary N) is 2. The van der Waals surface area contributed by atoms with Gasteiger partial charge in [-0.25, -0.2) is 15.8 Å². The molecule has 1 aromatic rings. The Labute approximate surface area is 126 Å². The molecule has 0 fully saturated rings. The van der Waals surface area contributed by atoms with E-state index in [-0.39, 0.29) is 5.92 Å². The van der Waals surface area contributed by atoms with Gasteiger partial charge in [0.25, 0.3) is 0 Å². The predicted molar refractivity (Wildman–Crippen MR) is 84.3 cm³/mol. The van der Waals surface area contributed by atoms with Gasteiger partial charge >= 0.3 is 0 Å². The minimum Gasteiger partial charge on any atom is -0.382 e. The Balaban J connectivity index is 2.29. The first-order valence-corrected chi connectivity index (χ1v) is 7.33. The summed E-state index contributed by atoms with van der Waals surface area (Å²) >= 11 is 0. The van der Waals surface area contributed by atoms with Gasteiger partial charge in [0.1, 0.15) is 17.5 Å². The number of unbranched alkanes of at least 4 members (excludes halogenated alkanes) is 1. The molecule has 0 unspecified atom stereocenters. The van der Waals surface area contributed by atoms with Crippen LogP contribution in [0.25, 0.3) is 0 Å². The fourth-order valence-electron chi connectivity index (χ4n) is 1.68. The van der Waals surface area contributed by atoms with Crippen molar-refractivity contribution in [3.05, 3.63) is 11.9 Å². The standard InChI is InChI=1S/C14H27N5O2/c1-11(2)14-17-12(10-13(18-14)19-15)16-6-4-5-7-21-9-8-20-3/h10-11H,4-9,15H2,1-3H3,(H2,16,17,18,19). The molecule has 0 aliphatic carbocycles. The number of anilines is 2. The lowest BCUT2D eigenvalue weighted by Gasteiger charge is -2.11. The van der Waals surface area contributed by atoms with E-state index < -0.39 is 0 Å². The molecule has 4 N–H and O–H groups in total. The monoisotopic (exact) mass is 297 g/mol. The lowest BCUT2D eigenvalue weighted by atomic mass is 10.2. The fraction of sp³-hybridized carbons (Fsp3) is 0.714. The highest BCUT2D eigenvalue weighted by atomic mass is 16.5. The normalized spacial score (nSPS) is 10.9. The van der Waals surface area contributed by atoms with Gasteiger partial charge in [-0.3, -0.25) is 0 Å². The summed E-state index contributed by atoms with van der Waals surface area (Å²) in [5.74, 6) is 7.88. The van der Waals surface area contributed by atoms with Crippen molar-refractivity contribution in [2.75, 3.05) is 44.2 Å². The molecular weight excluding hydrogens is 270 g/mol. The van der Waals surface area contributed by atoms with Crippen LogP contribution in [0.2, 0.25) is 0 Å². The van der Waals surface area contributed by atoms with Crippen molar-refractivity contribution >= 4 is 11.6 Å². The van der Waals surface area contributed by atoms with Gasteiger partial charge in [-0.2, -0.15) is 0 Å². The number of hydrazine groups is 1. The van der Waals surface area contributed by atoms with E-state index in [1.807, 2.05) is 0 Å². The predicted octanol–water partition coefficient (Wildman–Crippen LogP) is 1.74. The Morgan fingerprint density at radius 2 is 1.90 bits per heavy atom. The van der Waals surface area contributed by atoms with Crippen molar-refractivity contribution in [2.24, 2.45) is 5.84 Å². The molecule has 1 aromatic heterocycles. The molecule has 0 radical (unpaired) electrons. The minimum atomic E-state index is 0.257. The van der Waals surface area contributed by atoms with Crippen molar-refractivity contribution in [1.82, 2.24) is 9.97 Å². The highest BCUT2D eigenvalue weighted by molar-refractivity contribution is 5.47. The van der Waals surface area contributed by atoms with E-state index in [1.165, 1.54) is 0 Å². The smallest absolute Gasteiger partial charge is 0.145 e. The highest BCUT2D eigenvalue weighted by Gasteiger charge is 2.07. The molecular formula is C14H27N5O2. The van der Waals surface area contributed by atoms with E-state index in [0.717, 1.165) is 37.6 Å². The molecule has 0 amide bonds. The third kappa shape index (κ3) is 7.22. The molecule has 7 heteroatoms. The number of nitrogens with two attached hydrogens (primary N) is 1. The molecule has 7 nitrogen and oxygen atoms in total. The van der Waals surface area contributed by atoms with Gasteiger partial charge in [0.15, 0.2) is 0 Å². The zero-order valence-electron chi connectivity index (χ0n) is 13.2. The van der Waals surface area contributed by atoms with Gasteiger partial charge in [-0.1, -0.05) is 13.8 Å². The average Bonchev–Trinajstić information content (AvgIpc) is 2.49. The Hall–Kier alpha value is -1.44. The van der Waals surface area contributed by atoms with E-state index in [1.54, 1.807) is 13.2 Å². The summed E-state index contributed by atoms with van der Waals surface area (Å²) in [5.41, 5.74) is 2.57. The summed E-state index contributed by atoms with van der Waals surface area (Å²) in [5, 5.41) is 3.29. The second-order valence-electron chi connectivity index (χ2n) is 5.03. The fourth-order valence-corrected chi connectivity index (χ4v) is 1.68. The maximum absolute atomic E-state index is 5.43. The Morgan fingerprint density at radius 3 is 2.57 bits per heavy atom. The van der Waals surface area contributed by atoms with Crippen LogP contribution in [0.4, 0.5) is 11.6 Å².